The van der Waals surface area contributed by atoms with E-state index in [0.29, 0.717) is 29.8 Å². The summed E-state index contributed by atoms with van der Waals surface area (Å²) >= 11 is 0. The van der Waals surface area contributed by atoms with Crippen molar-refractivity contribution in [2.45, 2.75) is 20.0 Å². The first kappa shape index (κ1) is 21.0. The normalized spacial score (nSPS) is 11.2. The van der Waals surface area contributed by atoms with Gasteiger partial charge in [-0.3, -0.25) is 0 Å². The van der Waals surface area contributed by atoms with E-state index in [-0.39, 0.29) is 17.2 Å². The number of nitrogens with one attached hydrogen (secondary N) is 2. The first-order valence-electron chi connectivity index (χ1n) is 9.05. The summed E-state index contributed by atoms with van der Waals surface area (Å²) in [5.74, 6) is 1.13. The molecule has 0 radical (unpaired) electrons. The van der Waals surface area contributed by atoms with Crippen LogP contribution in [0.4, 0.5) is 30.5 Å². The third kappa shape index (κ3) is 5.41. The highest BCUT2D eigenvalue weighted by atomic mass is 19.4. The van der Waals surface area contributed by atoms with Gasteiger partial charge >= 0.3 is 6.18 Å². The molecule has 0 aliphatic rings. The number of rotatable bonds is 6. The standard InChI is InChI=1S/C20H18F3N7/c1-12(2)11-26-17-9-18(27-13-6-7-25-14(8-13)10-24)30-19(29-17)15-4-3-5-16(28-15)20(21,22)23/h3-9,12H,11H2,1-2H3,(H2,25,26,27,29,30). The van der Waals surface area contributed by atoms with Crippen LogP contribution in [-0.4, -0.2) is 26.5 Å². The maximum Gasteiger partial charge on any atom is 0.433 e. The van der Waals surface area contributed by atoms with Gasteiger partial charge in [-0.2, -0.15) is 18.4 Å². The van der Waals surface area contributed by atoms with Crippen molar-refractivity contribution in [2.75, 3.05) is 17.2 Å². The van der Waals surface area contributed by atoms with Crippen molar-refractivity contribution in [3.63, 3.8) is 0 Å². The molecule has 3 aromatic heterocycles. The number of hydrogen-bond donors (Lipinski definition) is 2. The average molecular weight is 413 g/mol. The quantitative estimate of drug-likeness (QED) is 0.607. The van der Waals surface area contributed by atoms with Crippen molar-refractivity contribution in [3.05, 3.63) is 54.0 Å². The van der Waals surface area contributed by atoms with Crippen molar-refractivity contribution in [2.24, 2.45) is 5.92 Å². The summed E-state index contributed by atoms with van der Waals surface area (Å²) in [6.45, 7) is 4.64. The highest BCUT2D eigenvalue weighted by Crippen LogP contribution is 2.29. The van der Waals surface area contributed by atoms with Gasteiger partial charge in [-0.25, -0.2) is 19.9 Å². The van der Waals surface area contributed by atoms with Crippen molar-refractivity contribution in [3.8, 4) is 17.6 Å². The minimum atomic E-state index is -4.57. The SMILES string of the molecule is CC(C)CNc1cc(Nc2ccnc(C#N)c2)nc(-c2cccc(C(F)(F)F)n2)n1. The van der Waals surface area contributed by atoms with Gasteiger partial charge in [0.1, 0.15) is 34.8 Å². The predicted octanol–water partition coefficient (Wildman–Crippen LogP) is 4.64. The van der Waals surface area contributed by atoms with Gasteiger partial charge in [0.2, 0.25) is 0 Å². The van der Waals surface area contributed by atoms with Gasteiger partial charge in [0.15, 0.2) is 5.82 Å². The smallest absolute Gasteiger partial charge is 0.370 e. The number of anilines is 3. The van der Waals surface area contributed by atoms with Gasteiger partial charge < -0.3 is 10.6 Å². The van der Waals surface area contributed by atoms with Crippen LogP contribution >= 0.6 is 0 Å². The summed E-state index contributed by atoms with van der Waals surface area (Å²) in [4.78, 5) is 16.2. The molecule has 3 aromatic rings. The Morgan fingerprint density at radius 2 is 1.83 bits per heavy atom. The second-order valence-corrected chi connectivity index (χ2v) is 6.81. The fraction of sp³-hybridized carbons (Fsp3) is 0.250. The molecule has 7 nitrogen and oxygen atoms in total. The molecule has 0 atom stereocenters. The molecule has 154 valence electrons. The molecule has 0 amide bonds. The summed E-state index contributed by atoms with van der Waals surface area (Å²) in [5.41, 5.74) is -0.259. The van der Waals surface area contributed by atoms with Crippen LogP contribution in [0.3, 0.4) is 0 Å². The first-order chi connectivity index (χ1) is 14.2. The highest BCUT2D eigenvalue weighted by Gasteiger charge is 2.32. The Morgan fingerprint density at radius 1 is 1.07 bits per heavy atom. The van der Waals surface area contributed by atoms with Crippen molar-refractivity contribution >= 4 is 17.3 Å². The molecule has 0 spiro atoms. The van der Waals surface area contributed by atoms with Crippen LogP contribution in [0.2, 0.25) is 0 Å². The lowest BCUT2D eigenvalue weighted by Gasteiger charge is -2.13. The molecule has 0 aromatic carbocycles. The number of hydrogen-bond acceptors (Lipinski definition) is 7. The van der Waals surface area contributed by atoms with Gasteiger partial charge in [-0.1, -0.05) is 19.9 Å². The third-order valence-electron chi connectivity index (χ3n) is 3.83. The Bertz CT molecular complexity index is 1070. The molecule has 0 aliphatic heterocycles. The number of alkyl halides is 3. The molecule has 0 saturated carbocycles. The summed E-state index contributed by atoms with van der Waals surface area (Å²) in [6, 6.07) is 10.3. The molecule has 30 heavy (non-hydrogen) atoms. The number of nitriles is 1. The summed E-state index contributed by atoms with van der Waals surface area (Å²) in [5, 5.41) is 15.2. The first-order valence-corrected chi connectivity index (χ1v) is 9.05. The summed E-state index contributed by atoms with van der Waals surface area (Å²) in [7, 11) is 0. The van der Waals surface area contributed by atoms with Crippen LogP contribution in [0.15, 0.2) is 42.6 Å². The molecule has 2 N–H and O–H groups in total. The van der Waals surface area contributed by atoms with E-state index in [1.807, 2.05) is 19.9 Å². The van der Waals surface area contributed by atoms with E-state index >= 15 is 0 Å². The predicted molar refractivity (Wildman–Crippen MR) is 106 cm³/mol. The Hall–Kier alpha value is -3.74. The van der Waals surface area contributed by atoms with Crippen LogP contribution in [-0.2, 0) is 6.18 Å². The van der Waals surface area contributed by atoms with Crippen molar-refractivity contribution in [1.29, 1.82) is 5.26 Å². The lowest BCUT2D eigenvalue weighted by atomic mass is 10.2. The largest absolute Gasteiger partial charge is 0.433 e. The van der Waals surface area contributed by atoms with E-state index in [1.165, 1.54) is 24.4 Å². The molecule has 0 saturated heterocycles. The fourth-order valence-corrected chi connectivity index (χ4v) is 2.46. The maximum absolute atomic E-state index is 13.1. The van der Waals surface area contributed by atoms with Crippen molar-refractivity contribution < 1.29 is 13.2 Å². The second kappa shape index (κ2) is 8.73. The molecule has 3 heterocycles. The number of halogens is 3. The lowest BCUT2D eigenvalue weighted by molar-refractivity contribution is -0.141. The summed E-state index contributed by atoms with van der Waals surface area (Å²) < 4.78 is 39.2. The zero-order valence-electron chi connectivity index (χ0n) is 16.2. The van der Waals surface area contributed by atoms with E-state index in [9.17, 15) is 13.2 Å². The van der Waals surface area contributed by atoms with Crippen LogP contribution < -0.4 is 10.6 Å². The van der Waals surface area contributed by atoms with Gasteiger partial charge in [0, 0.05) is 24.5 Å². The van der Waals surface area contributed by atoms with E-state index < -0.39 is 11.9 Å². The minimum absolute atomic E-state index is 0.00601. The molecule has 0 aliphatic carbocycles. The van der Waals surface area contributed by atoms with E-state index in [4.69, 9.17) is 5.26 Å². The Balaban J connectivity index is 2.01. The zero-order valence-corrected chi connectivity index (χ0v) is 16.2. The molecule has 0 fully saturated rings. The van der Waals surface area contributed by atoms with Crippen LogP contribution in [0.1, 0.15) is 25.2 Å². The van der Waals surface area contributed by atoms with Crippen LogP contribution in [0.5, 0.6) is 0 Å². The Morgan fingerprint density at radius 3 is 2.53 bits per heavy atom. The van der Waals surface area contributed by atoms with Gasteiger partial charge in [0.25, 0.3) is 0 Å². The molecular formula is C20H18F3N7. The van der Waals surface area contributed by atoms with Gasteiger partial charge in [0.05, 0.1) is 0 Å². The van der Waals surface area contributed by atoms with E-state index in [1.54, 1.807) is 12.1 Å². The Kier molecular flexibility index (Phi) is 6.11. The minimum Gasteiger partial charge on any atom is -0.370 e. The maximum atomic E-state index is 13.1. The Labute approximate surface area is 171 Å². The molecular weight excluding hydrogens is 395 g/mol. The molecule has 0 bridgehead atoms. The lowest BCUT2D eigenvalue weighted by Crippen LogP contribution is -2.12. The zero-order chi connectivity index (χ0) is 21.7. The second-order valence-electron chi connectivity index (χ2n) is 6.81. The van der Waals surface area contributed by atoms with E-state index in [2.05, 4.69) is 30.6 Å². The number of nitrogens with zero attached hydrogens (tertiary/aromatic N) is 5. The average Bonchev–Trinajstić information content (AvgIpc) is 2.72. The van der Waals surface area contributed by atoms with Gasteiger partial charge in [-0.05, 0) is 30.2 Å². The molecule has 3 rings (SSSR count). The number of aromatic nitrogens is 4. The molecule has 0 unspecified atom stereocenters. The fourth-order valence-electron chi connectivity index (χ4n) is 2.46. The monoisotopic (exact) mass is 413 g/mol. The summed E-state index contributed by atoms with van der Waals surface area (Å²) in [6.07, 6.45) is -3.11. The third-order valence-corrected chi connectivity index (χ3v) is 3.83. The van der Waals surface area contributed by atoms with Crippen LogP contribution in [0, 0.1) is 17.2 Å². The van der Waals surface area contributed by atoms with Crippen molar-refractivity contribution in [1.82, 2.24) is 19.9 Å². The highest BCUT2D eigenvalue weighted by molar-refractivity contribution is 5.64. The van der Waals surface area contributed by atoms with E-state index in [0.717, 1.165) is 6.07 Å². The topological polar surface area (TPSA) is 99.4 Å². The van der Waals surface area contributed by atoms with Crippen LogP contribution in [0.25, 0.3) is 11.5 Å². The molecule has 10 heteroatoms. The van der Waals surface area contributed by atoms with Gasteiger partial charge in [-0.15, -0.1) is 0 Å². The number of pyridine rings is 2.